The van der Waals surface area contributed by atoms with Crippen LogP contribution in [0.15, 0.2) is 29.2 Å². The lowest BCUT2D eigenvalue weighted by Crippen LogP contribution is -2.41. The molecule has 1 heterocycles. The number of esters is 1. The quantitative estimate of drug-likeness (QED) is 0.698. The van der Waals surface area contributed by atoms with E-state index >= 15 is 0 Å². The number of carbonyl (C=O) groups is 3. The van der Waals surface area contributed by atoms with Crippen LogP contribution in [0.4, 0.5) is 4.79 Å². The fourth-order valence-corrected chi connectivity index (χ4v) is 4.23. The van der Waals surface area contributed by atoms with Gasteiger partial charge < -0.3 is 9.47 Å². The summed E-state index contributed by atoms with van der Waals surface area (Å²) in [6.45, 7) is 3.36. The van der Waals surface area contributed by atoms with Gasteiger partial charge in [0.1, 0.15) is 0 Å². The molecule has 28 heavy (non-hydrogen) atoms. The van der Waals surface area contributed by atoms with Crippen LogP contribution in [0.5, 0.6) is 0 Å². The normalized spacial score (nSPS) is 15.6. The first-order valence-electron chi connectivity index (χ1n) is 8.94. The van der Waals surface area contributed by atoms with Crippen LogP contribution in [-0.2, 0) is 29.1 Å². The number of imide groups is 1. The maximum atomic E-state index is 12.7. The van der Waals surface area contributed by atoms with Crippen molar-refractivity contribution < 1.29 is 32.3 Å². The summed E-state index contributed by atoms with van der Waals surface area (Å²) in [5.41, 5.74) is 0.965. The van der Waals surface area contributed by atoms with Gasteiger partial charge in [-0.1, -0.05) is 17.7 Å². The minimum absolute atomic E-state index is 0.114. The average Bonchev–Trinajstić information content (AvgIpc) is 2.66. The molecule has 0 aliphatic carbocycles. The lowest BCUT2D eigenvalue weighted by molar-refractivity contribution is -0.153. The van der Waals surface area contributed by atoms with Crippen molar-refractivity contribution in [1.82, 2.24) is 9.62 Å². The number of alkyl carbamates (subject to hydrolysis) is 1. The van der Waals surface area contributed by atoms with E-state index in [0.717, 1.165) is 5.56 Å². The zero-order valence-corrected chi connectivity index (χ0v) is 16.7. The van der Waals surface area contributed by atoms with Crippen molar-refractivity contribution in [3.63, 3.8) is 0 Å². The SMILES string of the molecule is CCOC(=O)NC(=O)COC(=O)C1CCN(S(=O)(=O)c2ccc(C)cc2)CC1. The number of aryl methyl sites for hydroxylation is 1. The summed E-state index contributed by atoms with van der Waals surface area (Å²) in [4.78, 5) is 34.9. The van der Waals surface area contributed by atoms with E-state index in [0.29, 0.717) is 12.8 Å². The van der Waals surface area contributed by atoms with Gasteiger partial charge in [0.2, 0.25) is 10.0 Å². The van der Waals surface area contributed by atoms with Crippen molar-refractivity contribution in [3.8, 4) is 0 Å². The molecule has 1 saturated heterocycles. The first kappa shape index (κ1) is 21.8. The minimum Gasteiger partial charge on any atom is -0.455 e. The smallest absolute Gasteiger partial charge is 0.413 e. The predicted molar refractivity (Wildman–Crippen MR) is 98.8 cm³/mol. The van der Waals surface area contributed by atoms with Gasteiger partial charge in [0.25, 0.3) is 5.91 Å². The second kappa shape index (κ2) is 9.65. The molecule has 9 nitrogen and oxygen atoms in total. The Morgan fingerprint density at radius 2 is 1.71 bits per heavy atom. The summed E-state index contributed by atoms with van der Waals surface area (Å²) >= 11 is 0. The Kier molecular flexibility index (Phi) is 7.53. The molecule has 0 radical (unpaired) electrons. The van der Waals surface area contributed by atoms with E-state index in [4.69, 9.17) is 4.74 Å². The van der Waals surface area contributed by atoms with E-state index in [2.05, 4.69) is 4.74 Å². The Morgan fingerprint density at radius 1 is 1.11 bits per heavy atom. The summed E-state index contributed by atoms with van der Waals surface area (Å²) in [7, 11) is -3.61. The van der Waals surface area contributed by atoms with E-state index < -0.39 is 40.5 Å². The molecule has 0 bridgehead atoms. The van der Waals surface area contributed by atoms with Crippen molar-refractivity contribution >= 4 is 28.0 Å². The maximum Gasteiger partial charge on any atom is 0.413 e. The van der Waals surface area contributed by atoms with Crippen LogP contribution in [0.3, 0.4) is 0 Å². The average molecular weight is 412 g/mol. The summed E-state index contributed by atoms with van der Waals surface area (Å²) in [6, 6.07) is 6.59. The number of amides is 2. The van der Waals surface area contributed by atoms with Gasteiger partial charge in [-0.15, -0.1) is 0 Å². The third-order valence-electron chi connectivity index (χ3n) is 4.31. The van der Waals surface area contributed by atoms with Gasteiger partial charge in [-0.2, -0.15) is 4.31 Å². The van der Waals surface area contributed by atoms with Crippen molar-refractivity contribution in [3.05, 3.63) is 29.8 Å². The predicted octanol–water partition coefficient (Wildman–Crippen LogP) is 1.21. The van der Waals surface area contributed by atoms with E-state index in [1.165, 1.54) is 4.31 Å². The lowest BCUT2D eigenvalue weighted by Gasteiger charge is -2.30. The molecule has 1 fully saturated rings. The molecular formula is C18H24N2O7S. The standard InChI is InChI=1S/C18H24N2O7S/c1-3-26-18(23)19-16(21)12-27-17(22)14-8-10-20(11-9-14)28(24,25)15-6-4-13(2)5-7-15/h4-7,14H,3,8-12H2,1-2H3,(H,19,21,23). The summed E-state index contributed by atoms with van der Waals surface area (Å²) in [5, 5.41) is 1.92. The molecule has 1 N–H and O–H groups in total. The van der Waals surface area contributed by atoms with Gasteiger partial charge in [0.05, 0.1) is 17.4 Å². The maximum absolute atomic E-state index is 12.7. The number of sulfonamides is 1. The molecular weight excluding hydrogens is 388 g/mol. The fourth-order valence-electron chi connectivity index (χ4n) is 2.76. The molecule has 1 aliphatic heterocycles. The molecule has 1 aromatic rings. The number of hydrogen-bond acceptors (Lipinski definition) is 7. The molecule has 10 heteroatoms. The Bertz CT molecular complexity index is 813. The van der Waals surface area contributed by atoms with Gasteiger partial charge in [-0.25, -0.2) is 13.2 Å². The minimum atomic E-state index is -3.61. The highest BCUT2D eigenvalue weighted by atomic mass is 32.2. The van der Waals surface area contributed by atoms with Crippen LogP contribution in [0.2, 0.25) is 0 Å². The van der Waals surface area contributed by atoms with E-state index in [9.17, 15) is 22.8 Å². The largest absolute Gasteiger partial charge is 0.455 e. The van der Waals surface area contributed by atoms with Gasteiger partial charge in [-0.05, 0) is 38.8 Å². The van der Waals surface area contributed by atoms with Gasteiger partial charge >= 0.3 is 12.1 Å². The Hall–Kier alpha value is -2.46. The number of ether oxygens (including phenoxy) is 2. The monoisotopic (exact) mass is 412 g/mol. The summed E-state index contributed by atoms with van der Waals surface area (Å²) in [6.07, 6.45) is -0.314. The Morgan fingerprint density at radius 3 is 2.29 bits per heavy atom. The molecule has 0 aromatic heterocycles. The number of carbonyl (C=O) groups excluding carboxylic acids is 3. The molecule has 0 spiro atoms. The van der Waals surface area contributed by atoms with Crippen LogP contribution < -0.4 is 5.32 Å². The van der Waals surface area contributed by atoms with Gasteiger partial charge in [0, 0.05) is 13.1 Å². The number of benzene rings is 1. The Balaban J connectivity index is 1.82. The van der Waals surface area contributed by atoms with Crippen molar-refractivity contribution in [2.45, 2.75) is 31.6 Å². The molecule has 0 saturated carbocycles. The molecule has 0 atom stereocenters. The van der Waals surface area contributed by atoms with Crippen molar-refractivity contribution in [2.75, 3.05) is 26.3 Å². The number of rotatable bonds is 6. The third-order valence-corrected chi connectivity index (χ3v) is 6.22. The summed E-state index contributed by atoms with van der Waals surface area (Å²) in [5.74, 6) is -1.88. The van der Waals surface area contributed by atoms with Crippen LogP contribution in [0, 0.1) is 12.8 Å². The zero-order valence-electron chi connectivity index (χ0n) is 15.8. The molecule has 2 rings (SSSR count). The van der Waals surface area contributed by atoms with Crippen LogP contribution >= 0.6 is 0 Å². The molecule has 0 unspecified atom stereocenters. The first-order chi connectivity index (χ1) is 13.2. The fraction of sp³-hybridized carbons (Fsp3) is 0.500. The number of piperidine rings is 1. The van der Waals surface area contributed by atoms with Crippen LogP contribution in [-0.4, -0.2) is 57.0 Å². The van der Waals surface area contributed by atoms with Crippen LogP contribution in [0.1, 0.15) is 25.3 Å². The summed E-state index contributed by atoms with van der Waals surface area (Å²) < 4.78 is 36.1. The highest BCUT2D eigenvalue weighted by molar-refractivity contribution is 7.89. The second-order valence-electron chi connectivity index (χ2n) is 6.37. The molecule has 2 amide bonds. The number of nitrogens with one attached hydrogen (secondary N) is 1. The Labute approximate surface area is 164 Å². The van der Waals surface area contributed by atoms with E-state index in [1.807, 2.05) is 12.2 Å². The zero-order chi connectivity index (χ0) is 20.7. The van der Waals surface area contributed by atoms with Crippen molar-refractivity contribution in [2.24, 2.45) is 5.92 Å². The van der Waals surface area contributed by atoms with Gasteiger partial charge in [0.15, 0.2) is 6.61 Å². The van der Waals surface area contributed by atoms with E-state index in [-0.39, 0.29) is 24.6 Å². The number of nitrogens with zero attached hydrogens (tertiary/aromatic N) is 1. The second-order valence-corrected chi connectivity index (χ2v) is 8.31. The van der Waals surface area contributed by atoms with Crippen molar-refractivity contribution in [1.29, 1.82) is 0 Å². The molecule has 1 aromatic carbocycles. The molecule has 154 valence electrons. The highest BCUT2D eigenvalue weighted by Gasteiger charge is 2.33. The molecule has 1 aliphatic rings. The van der Waals surface area contributed by atoms with E-state index in [1.54, 1.807) is 31.2 Å². The lowest BCUT2D eigenvalue weighted by atomic mass is 9.98. The third kappa shape index (κ3) is 5.77. The number of hydrogen-bond donors (Lipinski definition) is 1. The topological polar surface area (TPSA) is 119 Å². The van der Waals surface area contributed by atoms with Gasteiger partial charge in [-0.3, -0.25) is 14.9 Å². The highest BCUT2D eigenvalue weighted by Crippen LogP contribution is 2.24. The van der Waals surface area contributed by atoms with Crippen LogP contribution in [0.25, 0.3) is 0 Å². The first-order valence-corrected chi connectivity index (χ1v) is 10.4.